The van der Waals surface area contributed by atoms with Gasteiger partial charge in [-0.3, -0.25) is 9.69 Å². The predicted octanol–water partition coefficient (Wildman–Crippen LogP) is 0.853. The summed E-state index contributed by atoms with van der Waals surface area (Å²) in [6.07, 6.45) is -2.89. The number of carbonyl (C=O) groups excluding carboxylic acids is 1. The number of rotatable bonds is 5. The Morgan fingerprint density at radius 2 is 1.89 bits per heavy atom. The number of alkyl halides is 3. The second-order valence-corrected chi connectivity index (χ2v) is 4.78. The first-order valence-electron chi connectivity index (χ1n) is 6.13. The van der Waals surface area contributed by atoms with E-state index >= 15 is 0 Å². The molecule has 4 nitrogen and oxygen atoms in total. The van der Waals surface area contributed by atoms with Crippen molar-refractivity contribution < 1.29 is 18.0 Å². The number of halogens is 3. The molecule has 18 heavy (non-hydrogen) atoms. The maximum absolute atomic E-state index is 12.8. The third-order valence-electron chi connectivity index (χ3n) is 3.40. The lowest BCUT2D eigenvalue weighted by Crippen LogP contribution is -2.50. The number of nitrogens with two attached hydrogens (primary N) is 2. The molecule has 1 amide bonds. The van der Waals surface area contributed by atoms with Crippen LogP contribution < -0.4 is 11.5 Å². The van der Waals surface area contributed by atoms with Crippen LogP contribution in [0.2, 0.25) is 0 Å². The summed E-state index contributed by atoms with van der Waals surface area (Å²) in [5.74, 6) is -0.270. The summed E-state index contributed by atoms with van der Waals surface area (Å²) in [4.78, 5) is 12.2. The van der Waals surface area contributed by atoms with Gasteiger partial charge in [0.2, 0.25) is 5.91 Å². The second-order valence-electron chi connectivity index (χ2n) is 4.78. The average molecular weight is 267 g/mol. The third kappa shape index (κ3) is 4.45. The Morgan fingerprint density at radius 3 is 2.28 bits per heavy atom. The highest BCUT2D eigenvalue weighted by atomic mass is 19.4. The summed E-state index contributed by atoms with van der Waals surface area (Å²) in [5, 5.41) is 0. The maximum Gasteiger partial charge on any atom is 0.404 e. The van der Waals surface area contributed by atoms with E-state index in [2.05, 4.69) is 0 Å². The van der Waals surface area contributed by atoms with Crippen molar-refractivity contribution in [2.45, 2.75) is 37.9 Å². The van der Waals surface area contributed by atoms with Gasteiger partial charge in [-0.05, 0) is 44.8 Å². The Hall–Kier alpha value is -0.820. The Balaban J connectivity index is 2.51. The van der Waals surface area contributed by atoms with E-state index < -0.39 is 12.2 Å². The first-order chi connectivity index (χ1) is 8.34. The first kappa shape index (κ1) is 15.2. The van der Waals surface area contributed by atoms with Crippen molar-refractivity contribution in [3.05, 3.63) is 0 Å². The Labute approximate surface area is 104 Å². The van der Waals surface area contributed by atoms with Crippen LogP contribution in [0.15, 0.2) is 0 Å². The van der Waals surface area contributed by atoms with Gasteiger partial charge in [0.15, 0.2) is 0 Å². The normalized spacial score (nSPS) is 20.9. The fourth-order valence-electron chi connectivity index (χ4n) is 2.46. The van der Waals surface area contributed by atoms with Gasteiger partial charge in [0.25, 0.3) is 0 Å². The van der Waals surface area contributed by atoms with E-state index in [9.17, 15) is 18.0 Å². The van der Waals surface area contributed by atoms with Crippen molar-refractivity contribution in [1.82, 2.24) is 4.90 Å². The quantitative estimate of drug-likeness (QED) is 0.775. The molecule has 0 aliphatic carbocycles. The molecule has 7 heteroatoms. The van der Waals surface area contributed by atoms with E-state index in [0.29, 0.717) is 25.9 Å². The van der Waals surface area contributed by atoms with Crippen LogP contribution in [0.25, 0.3) is 0 Å². The summed E-state index contributed by atoms with van der Waals surface area (Å²) >= 11 is 0. The summed E-state index contributed by atoms with van der Waals surface area (Å²) in [5.41, 5.74) is 10.3. The zero-order chi connectivity index (χ0) is 13.8. The number of primary amides is 1. The second kappa shape index (κ2) is 6.38. The van der Waals surface area contributed by atoms with Crippen LogP contribution in [0.4, 0.5) is 13.2 Å². The summed E-state index contributed by atoms with van der Waals surface area (Å²) < 4.78 is 38.5. The summed E-state index contributed by atoms with van der Waals surface area (Å²) in [7, 11) is 0. The van der Waals surface area contributed by atoms with Gasteiger partial charge >= 0.3 is 6.18 Å². The molecule has 106 valence electrons. The number of amides is 1. The van der Waals surface area contributed by atoms with Crippen molar-refractivity contribution in [3.8, 4) is 0 Å². The molecular weight excluding hydrogens is 247 g/mol. The number of likely N-dealkylation sites (tertiary alicyclic amines) is 1. The zero-order valence-corrected chi connectivity index (χ0v) is 10.2. The molecule has 1 aliphatic rings. The van der Waals surface area contributed by atoms with Crippen LogP contribution >= 0.6 is 0 Å². The highest BCUT2D eigenvalue weighted by Crippen LogP contribution is 2.31. The van der Waals surface area contributed by atoms with Gasteiger partial charge in [0.05, 0.1) is 0 Å². The minimum Gasteiger partial charge on any atom is -0.370 e. The fourth-order valence-corrected chi connectivity index (χ4v) is 2.46. The minimum absolute atomic E-state index is 0.0192. The third-order valence-corrected chi connectivity index (χ3v) is 3.40. The molecule has 1 atom stereocenters. The molecule has 1 saturated heterocycles. The standard InChI is InChI=1S/C11H20F3N3O/c12-11(13,14)9(1-4-15)17-5-2-8(3-6-17)7-10(16)18/h8-9H,1-7,15H2,(H2,16,18). The van der Waals surface area contributed by atoms with Crippen LogP contribution in [0.3, 0.4) is 0 Å². The van der Waals surface area contributed by atoms with E-state index in [1.165, 1.54) is 4.90 Å². The molecular formula is C11H20F3N3O. The lowest BCUT2D eigenvalue weighted by atomic mass is 9.92. The highest BCUT2D eigenvalue weighted by Gasteiger charge is 2.43. The Kier molecular flexibility index (Phi) is 5.40. The minimum atomic E-state index is -4.24. The molecule has 0 radical (unpaired) electrons. The molecule has 0 aromatic heterocycles. The molecule has 1 aliphatic heterocycles. The van der Waals surface area contributed by atoms with Gasteiger partial charge in [-0.1, -0.05) is 0 Å². The number of carbonyl (C=O) groups is 1. The van der Waals surface area contributed by atoms with Crippen LogP contribution in [-0.4, -0.2) is 42.7 Å². The molecule has 0 aromatic rings. The van der Waals surface area contributed by atoms with Crippen molar-refractivity contribution in [2.24, 2.45) is 17.4 Å². The molecule has 0 aromatic carbocycles. The molecule has 1 rings (SSSR count). The van der Waals surface area contributed by atoms with Crippen molar-refractivity contribution in [2.75, 3.05) is 19.6 Å². The largest absolute Gasteiger partial charge is 0.404 e. The first-order valence-corrected chi connectivity index (χ1v) is 6.13. The van der Waals surface area contributed by atoms with Crippen molar-refractivity contribution >= 4 is 5.91 Å². The van der Waals surface area contributed by atoms with Crippen LogP contribution in [0.5, 0.6) is 0 Å². The smallest absolute Gasteiger partial charge is 0.370 e. The van der Waals surface area contributed by atoms with Gasteiger partial charge in [0.1, 0.15) is 6.04 Å². The molecule has 1 unspecified atom stereocenters. The van der Waals surface area contributed by atoms with Gasteiger partial charge in [-0.15, -0.1) is 0 Å². The van der Waals surface area contributed by atoms with E-state index in [1.807, 2.05) is 0 Å². The number of piperidine rings is 1. The van der Waals surface area contributed by atoms with Crippen molar-refractivity contribution in [1.29, 1.82) is 0 Å². The molecule has 1 heterocycles. The van der Waals surface area contributed by atoms with E-state index in [4.69, 9.17) is 11.5 Å². The van der Waals surface area contributed by atoms with Gasteiger partial charge < -0.3 is 11.5 Å². The van der Waals surface area contributed by atoms with E-state index in [0.717, 1.165) is 0 Å². The number of nitrogens with zero attached hydrogens (tertiary/aromatic N) is 1. The molecule has 0 spiro atoms. The van der Waals surface area contributed by atoms with Crippen LogP contribution in [0.1, 0.15) is 25.7 Å². The topological polar surface area (TPSA) is 72.3 Å². The lowest BCUT2D eigenvalue weighted by Gasteiger charge is -2.38. The van der Waals surface area contributed by atoms with E-state index in [1.54, 1.807) is 0 Å². The van der Waals surface area contributed by atoms with Gasteiger partial charge in [-0.2, -0.15) is 13.2 Å². The fraction of sp³-hybridized carbons (Fsp3) is 0.909. The highest BCUT2D eigenvalue weighted by molar-refractivity contribution is 5.73. The molecule has 4 N–H and O–H groups in total. The zero-order valence-electron chi connectivity index (χ0n) is 10.2. The monoisotopic (exact) mass is 267 g/mol. The SMILES string of the molecule is NCCC(N1CCC(CC(N)=O)CC1)C(F)(F)F. The van der Waals surface area contributed by atoms with Gasteiger partial charge in [0, 0.05) is 6.42 Å². The Bertz CT molecular complexity index is 275. The van der Waals surface area contributed by atoms with E-state index in [-0.39, 0.29) is 31.2 Å². The number of hydrogen-bond acceptors (Lipinski definition) is 3. The van der Waals surface area contributed by atoms with Crippen molar-refractivity contribution in [3.63, 3.8) is 0 Å². The summed E-state index contributed by atoms with van der Waals surface area (Å²) in [6.45, 7) is 0.718. The molecule has 0 saturated carbocycles. The summed E-state index contributed by atoms with van der Waals surface area (Å²) in [6, 6.07) is -1.46. The maximum atomic E-state index is 12.8. The van der Waals surface area contributed by atoms with Crippen LogP contribution in [0, 0.1) is 5.92 Å². The average Bonchev–Trinajstić information content (AvgIpc) is 2.25. The number of hydrogen-bond donors (Lipinski definition) is 2. The Morgan fingerprint density at radius 1 is 1.33 bits per heavy atom. The van der Waals surface area contributed by atoms with Crippen LogP contribution in [-0.2, 0) is 4.79 Å². The molecule has 0 bridgehead atoms. The van der Waals surface area contributed by atoms with Gasteiger partial charge in [-0.25, -0.2) is 0 Å². The lowest BCUT2D eigenvalue weighted by molar-refractivity contribution is -0.188. The predicted molar refractivity (Wildman–Crippen MR) is 61.6 cm³/mol. The molecule has 1 fully saturated rings.